The van der Waals surface area contributed by atoms with Crippen LogP contribution in [0.25, 0.3) is 0 Å². The molecule has 0 amide bonds. The van der Waals surface area contributed by atoms with E-state index < -0.39 is 0 Å². The molecular formula is C14H21NO. The van der Waals surface area contributed by atoms with Crippen LogP contribution >= 0.6 is 0 Å². The van der Waals surface area contributed by atoms with Gasteiger partial charge in [-0.15, -0.1) is 0 Å². The van der Waals surface area contributed by atoms with Crippen molar-refractivity contribution < 1.29 is 4.74 Å². The van der Waals surface area contributed by atoms with Crippen LogP contribution in [0, 0.1) is 0 Å². The van der Waals surface area contributed by atoms with Gasteiger partial charge in [0.15, 0.2) is 0 Å². The van der Waals surface area contributed by atoms with Crippen molar-refractivity contribution in [3.8, 4) is 5.75 Å². The predicted octanol–water partition coefficient (Wildman–Crippen LogP) is 3.57. The highest BCUT2D eigenvalue weighted by Gasteiger charge is 2.27. The van der Waals surface area contributed by atoms with Gasteiger partial charge in [-0.3, -0.25) is 0 Å². The minimum absolute atomic E-state index is 0.115. The van der Waals surface area contributed by atoms with E-state index in [1.54, 1.807) is 0 Å². The van der Waals surface area contributed by atoms with E-state index in [2.05, 4.69) is 58.1 Å². The average Bonchev–Trinajstić information content (AvgIpc) is 2.14. The normalized spacial score (nSPS) is 18.3. The molecule has 0 fully saturated rings. The third-order valence-corrected chi connectivity index (χ3v) is 2.94. The van der Waals surface area contributed by atoms with Crippen molar-refractivity contribution in [2.75, 3.05) is 11.9 Å². The topological polar surface area (TPSA) is 21.3 Å². The number of rotatable bonds is 0. The Morgan fingerprint density at radius 2 is 1.94 bits per heavy atom. The average molecular weight is 219 g/mol. The lowest BCUT2D eigenvalue weighted by Crippen LogP contribution is -2.40. The smallest absolute Gasteiger partial charge is 0.143 e. The van der Waals surface area contributed by atoms with Crippen molar-refractivity contribution in [1.29, 1.82) is 0 Å². The first-order chi connectivity index (χ1) is 7.28. The molecule has 0 atom stereocenters. The largest absolute Gasteiger partial charge is 0.484 e. The van der Waals surface area contributed by atoms with Gasteiger partial charge in [0.05, 0.1) is 12.2 Å². The van der Waals surface area contributed by atoms with Crippen LogP contribution in [0.2, 0.25) is 0 Å². The fourth-order valence-corrected chi connectivity index (χ4v) is 1.87. The molecule has 16 heavy (non-hydrogen) atoms. The van der Waals surface area contributed by atoms with Gasteiger partial charge in [0.2, 0.25) is 0 Å². The molecule has 88 valence electrons. The monoisotopic (exact) mass is 219 g/mol. The number of fused-ring (bicyclic) bond motifs is 1. The van der Waals surface area contributed by atoms with Crippen molar-refractivity contribution >= 4 is 5.69 Å². The minimum atomic E-state index is -0.115. The Hall–Kier alpha value is -1.18. The molecule has 1 aliphatic rings. The summed E-state index contributed by atoms with van der Waals surface area (Å²) >= 11 is 0. The summed E-state index contributed by atoms with van der Waals surface area (Å²) in [6.45, 7) is 11.7. The second-order valence-electron chi connectivity index (χ2n) is 6.18. The van der Waals surface area contributed by atoms with E-state index in [4.69, 9.17) is 4.74 Å². The number of ether oxygens (including phenoxy) is 1. The highest BCUT2D eigenvalue weighted by atomic mass is 16.5. The van der Waals surface area contributed by atoms with Crippen LogP contribution in [0.15, 0.2) is 18.2 Å². The van der Waals surface area contributed by atoms with E-state index in [0.29, 0.717) is 0 Å². The quantitative estimate of drug-likeness (QED) is 0.720. The number of hydrogen-bond acceptors (Lipinski definition) is 2. The van der Waals surface area contributed by atoms with Gasteiger partial charge < -0.3 is 10.1 Å². The molecule has 2 rings (SSSR count). The molecule has 0 saturated heterocycles. The summed E-state index contributed by atoms with van der Waals surface area (Å²) in [7, 11) is 0. The first kappa shape index (κ1) is 11.3. The summed E-state index contributed by atoms with van der Waals surface area (Å²) in [5, 5.41) is 3.44. The fraction of sp³-hybridized carbons (Fsp3) is 0.571. The summed E-state index contributed by atoms with van der Waals surface area (Å²) in [6.07, 6.45) is 0. The molecule has 1 aromatic carbocycles. The van der Waals surface area contributed by atoms with E-state index in [0.717, 1.165) is 18.0 Å². The molecule has 0 aromatic heterocycles. The minimum Gasteiger partial charge on any atom is -0.484 e. The lowest BCUT2D eigenvalue weighted by atomic mass is 9.86. The lowest BCUT2D eigenvalue weighted by Gasteiger charge is -2.34. The van der Waals surface area contributed by atoms with Gasteiger partial charge in [0.25, 0.3) is 0 Å². The standard InChI is InChI=1S/C14H21NO/c1-13(2,3)10-6-7-12-11(8-10)15-9-14(4,5)16-12/h6-8,15H,9H2,1-5H3. The van der Waals surface area contributed by atoms with E-state index in [1.165, 1.54) is 5.56 Å². The molecule has 0 spiro atoms. The Bertz CT molecular complexity index is 402. The van der Waals surface area contributed by atoms with Crippen LogP contribution < -0.4 is 10.1 Å². The second-order valence-corrected chi connectivity index (χ2v) is 6.18. The van der Waals surface area contributed by atoms with Crippen LogP contribution in [-0.2, 0) is 5.41 Å². The molecule has 1 aromatic rings. The zero-order chi connectivity index (χ0) is 12.0. The zero-order valence-corrected chi connectivity index (χ0v) is 10.8. The van der Waals surface area contributed by atoms with Crippen LogP contribution in [0.3, 0.4) is 0 Å². The third kappa shape index (κ3) is 2.16. The number of anilines is 1. The van der Waals surface area contributed by atoms with Crippen LogP contribution in [0.1, 0.15) is 40.2 Å². The van der Waals surface area contributed by atoms with Crippen molar-refractivity contribution in [2.24, 2.45) is 0 Å². The van der Waals surface area contributed by atoms with Crippen molar-refractivity contribution in [1.82, 2.24) is 0 Å². The molecule has 1 heterocycles. The molecule has 0 saturated carbocycles. The van der Waals surface area contributed by atoms with Crippen LogP contribution in [0.5, 0.6) is 5.75 Å². The van der Waals surface area contributed by atoms with Crippen LogP contribution in [-0.4, -0.2) is 12.1 Å². The third-order valence-electron chi connectivity index (χ3n) is 2.94. The first-order valence-corrected chi connectivity index (χ1v) is 5.85. The molecular weight excluding hydrogens is 198 g/mol. The van der Waals surface area contributed by atoms with Gasteiger partial charge >= 0.3 is 0 Å². The van der Waals surface area contributed by atoms with Gasteiger partial charge in [0.1, 0.15) is 11.4 Å². The Kier molecular flexibility index (Phi) is 2.41. The molecule has 2 heteroatoms. The van der Waals surface area contributed by atoms with Gasteiger partial charge in [-0.25, -0.2) is 0 Å². The number of benzene rings is 1. The summed E-state index contributed by atoms with van der Waals surface area (Å²) in [5.74, 6) is 0.962. The first-order valence-electron chi connectivity index (χ1n) is 5.85. The summed E-state index contributed by atoms with van der Waals surface area (Å²) < 4.78 is 5.92. The maximum atomic E-state index is 5.92. The molecule has 0 bridgehead atoms. The Morgan fingerprint density at radius 3 is 2.56 bits per heavy atom. The van der Waals surface area contributed by atoms with Crippen molar-refractivity contribution in [3.63, 3.8) is 0 Å². The maximum absolute atomic E-state index is 5.92. The lowest BCUT2D eigenvalue weighted by molar-refractivity contribution is 0.116. The second kappa shape index (κ2) is 3.41. The molecule has 0 radical (unpaired) electrons. The fourth-order valence-electron chi connectivity index (χ4n) is 1.87. The van der Waals surface area contributed by atoms with E-state index in [1.807, 2.05) is 0 Å². The summed E-state index contributed by atoms with van der Waals surface area (Å²) in [5.41, 5.74) is 2.52. The van der Waals surface area contributed by atoms with Crippen molar-refractivity contribution in [3.05, 3.63) is 23.8 Å². The van der Waals surface area contributed by atoms with Crippen molar-refractivity contribution in [2.45, 2.75) is 45.6 Å². The Balaban J connectivity index is 2.36. The SMILES string of the molecule is CC1(C)CNc2cc(C(C)(C)C)ccc2O1. The predicted molar refractivity (Wildman–Crippen MR) is 68.3 cm³/mol. The van der Waals surface area contributed by atoms with Gasteiger partial charge in [-0.2, -0.15) is 0 Å². The molecule has 1 N–H and O–H groups in total. The zero-order valence-electron chi connectivity index (χ0n) is 10.8. The highest BCUT2D eigenvalue weighted by molar-refractivity contribution is 5.60. The number of hydrogen-bond donors (Lipinski definition) is 1. The molecule has 0 unspecified atom stereocenters. The van der Waals surface area contributed by atoms with E-state index >= 15 is 0 Å². The van der Waals surface area contributed by atoms with Crippen LogP contribution in [0.4, 0.5) is 5.69 Å². The number of nitrogens with one attached hydrogen (secondary N) is 1. The molecule has 0 aliphatic carbocycles. The summed E-state index contributed by atoms with van der Waals surface area (Å²) in [4.78, 5) is 0. The molecule has 1 aliphatic heterocycles. The highest BCUT2D eigenvalue weighted by Crippen LogP contribution is 2.36. The summed E-state index contributed by atoms with van der Waals surface area (Å²) in [6, 6.07) is 6.43. The van der Waals surface area contributed by atoms with Gasteiger partial charge in [-0.05, 0) is 37.0 Å². The van der Waals surface area contributed by atoms with E-state index in [9.17, 15) is 0 Å². The van der Waals surface area contributed by atoms with Gasteiger partial charge in [-0.1, -0.05) is 26.8 Å². The van der Waals surface area contributed by atoms with Gasteiger partial charge in [0, 0.05) is 0 Å². The Morgan fingerprint density at radius 1 is 1.25 bits per heavy atom. The maximum Gasteiger partial charge on any atom is 0.143 e. The molecule has 2 nitrogen and oxygen atoms in total. The Labute approximate surface area is 98.0 Å². The van der Waals surface area contributed by atoms with E-state index in [-0.39, 0.29) is 11.0 Å².